The second-order valence-corrected chi connectivity index (χ2v) is 13.1. The number of sulfone groups is 1. The number of allylic oxidation sites excluding steroid dienone is 2. The minimum atomic E-state index is -4.32. The number of phenols is 1. The maximum absolute atomic E-state index is 13.6. The summed E-state index contributed by atoms with van der Waals surface area (Å²) in [5, 5.41) is 13.4. The largest absolute Gasteiger partial charge is 0.508 e. The van der Waals surface area contributed by atoms with Gasteiger partial charge in [0.25, 0.3) is 0 Å². The third kappa shape index (κ3) is 10.9. The molecule has 1 aliphatic rings. The molecule has 1 unspecified atom stereocenters. The Balaban J connectivity index is 1.45. The summed E-state index contributed by atoms with van der Waals surface area (Å²) in [4.78, 5) is 0. The molecule has 4 nitrogen and oxygen atoms in total. The quantitative estimate of drug-likeness (QED) is 0.166. The van der Waals surface area contributed by atoms with Crippen LogP contribution in [0.2, 0.25) is 0 Å². The number of aromatic hydroxyl groups is 1. The summed E-state index contributed by atoms with van der Waals surface area (Å²) in [7, 11) is -3.46. The second kappa shape index (κ2) is 15.0. The van der Waals surface area contributed by atoms with Gasteiger partial charge in [0.05, 0.1) is 11.5 Å². The van der Waals surface area contributed by atoms with Crippen LogP contribution in [0.1, 0.15) is 87.8 Å². The lowest BCUT2D eigenvalue weighted by Gasteiger charge is -2.17. The number of rotatable bonds is 15. The molecule has 0 saturated carbocycles. The van der Waals surface area contributed by atoms with Crippen LogP contribution in [-0.4, -0.2) is 43.8 Å². The number of aryl methyl sites for hydroxylation is 1. The fourth-order valence-electron chi connectivity index (χ4n) is 5.36. The number of benzene rings is 2. The number of unbranched alkanes of at least 4 members (excludes halogenated alkanes) is 2. The van der Waals surface area contributed by atoms with E-state index in [4.69, 9.17) is 0 Å². The van der Waals surface area contributed by atoms with Crippen LogP contribution in [0.3, 0.4) is 0 Å². The Labute approximate surface area is 235 Å². The molecule has 2 N–H and O–H groups in total. The van der Waals surface area contributed by atoms with Crippen LogP contribution in [-0.2, 0) is 16.3 Å². The Hall–Kier alpha value is -2.39. The molecular formula is C31H41F4NO3S. The van der Waals surface area contributed by atoms with Crippen molar-refractivity contribution >= 4 is 21.0 Å². The summed E-state index contributed by atoms with van der Waals surface area (Å²) in [6.07, 6.45) is 1.88. The van der Waals surface area contributed by atoms with Gasteiger partial charge in [-0.2, -0.15) is 13.2 Å². The van der Waals surface area contributed by atoms with E-state index in [1.807, 2.05) is 31.2 Å². The van der Waals surface area contributed by atoms with Crippen molar-refractivity contribution in [3.05, 3.63) is 65.0 Å². The van der Waals surface area contributed by atoms with Gasteiger partial charge in [-0.05, 0) is 123 Å². The summed E-state index contributed by atoms with van der Waals surface area (Å²) in [6.45, 7) is 2.79. The molecule has 0 aromatic heterocycles. The third-order valence-electron chi connectivity index (χ3n) is 7.45. The van der Waals surface area contributed by atoms with E-state index in [-0.39, 0.29) is 29.8 Å². The molecule has 1 aliphatic carbocycles. The average molecular weight is 584 g/mol. The van der Waals surface area contributed by atoms with Gasteiger partial charge in [0.2, 0.25) is 0 Å². The monoisotopic (exact) mass is 583 g/mol. The molecule has 1 atom stereocenters. The molecule has 2 aromatic carbocycles. The van der Waals surface area contributed by atoms with Gasteiger partial charge in [-0.1, -0.05) is 24.6 Å². The molecule has 0 saturated heterocycles. The molecule has 0 amide bonds. The maximum atomic E-state index is 13.6. The number of phenolic OH excluding ortho intramolecular Hbond substituents is 1. The highest BCUT2D eigenvalue weighted by Crippen LogP contribution is 2.39. The number of alkyl halides is 3. The number of halogens is 4. The van der Waals surface area contributed by atoms with E-state index in [2.05, 4.69) is 5.32 Å². The van der Waals surface area contributed by atoms with Crippen LogP contribution < -0.4 is 5.32 Å². The van der Waals surface area contributed by atoms with E-state index in [0.717, 1.165) is 68.2 Å². The van der Waals surface area contributed by atoms with Gasteiger partial charge in [0.15, 0.2) is 0 Å². The summed E-state index contributed by atoms with van der Waals surface area (Å²) in [5.74, 6) is -0.488. The van der Waals surface area contributed by atoms with Gasteiger partial charge in [0.1, 0.15) is 21.4 Å². The van der Waals surface area contributed by atoms with Crippen molar-refractivity contribution < 1.29 is 31.1 Å². The summed E-state index contributed by atoms with van der Waals surface area (Å²) in [5.41, 5.74) is 5.84. The van der Waals surface area contributed by atoms with E-state index in [9.17, 15) is 31.1 Å². The minimum Gasteiger partial charge on any atom is -0.508 e. The molecule has 2 aromatic rings. The second-order valence-electron chi connectivity index (χ2n) is 10.8. The van der Waals surface area contributed by atoms with Crippen molar-refractivity contribution in [1.29, 1.82) is 0 Å². The van der Waals surface area contributed by atoms with Crippen LogP contribution in [0.4, 0.5) is 17.6 Å². The molecule has 3 rings (SSSR count). The molecule has 40 heavy (non-hydrogen) atoms. The Morgan fingerprint density at radius 2 is 1.68 bits per heavy atom. The molecule has 9 heteroatoms. The van der Waals surface area contributed by atoms with Crippen LogP contribution >= 0.6 is 0 Å². The number of hydrogen-bond donors (Lipinski definition) is 2. The molecule has 0 fully saturated rings. The predicted molar refractivity (Wildman–Crippen MR) is 153 cm³/mol. The first-order valence-corrected chi connectivity index (χ1v) is 16.1. The van der Waals surface area contributed by atoms with Crippen LogP contribution in [0.15, 0.2) is 42.5 Å². The van der Waals surface area contributed by atoms with Crippen molar-refractivity contribution in [3.63, 3.8) is 0 Å². The molecule has 0 heterocycles. The lowest BCUT2D eigenvalue weighted by Crippen LogP contribution is -2.27. The van der Waals surface area contributed by atoms with Gasteiger partial charge >= 0.3 is 6.18 Å². The SMILES string of the molecule is CC(CCCS(=O)(=O)CCCC(F)(F)F)NCCCCCC1=C(c2ccc(F)cc2)CCCc2cc(O)ccc21. The Morgan fingerprint density at radius 3 is 2.40 bits per heavy atom. The summed E-state index contributed by atoms with van der Waals surface area (Å²) < 4.78 is 74.3. The lowest BCUT2D eigenvalue weighted by molar-refractivity contribution is -0.134. The molecular weight excluding hydrogens is 542 g/mol. The van der Waals surface area contributed by atoms with Crippen molar-refractivity contribution in [3.8, 4) is 5.75 Å². The first-order valence-electron chi connectivity index (χ1n) is 14.2. The Bertz CT molecular complexity index is 1220. The molecule has 222 valence electrons. The van der Waals surface area contributed by atoms with E-state index >= 15 is 0 Å². The third-order valence-corrected chi connectivity index (χ3v) is 9.27. The van der Waals surface area contributed by atoms with Crippen LogP contribution in [0.5, 0.6) is 5.75 Å². The minimum absolute atomic E-state index is 0.0817. The van der Waals surface area contributed by atoms with E-state index in [0.29, 0.717) is 12.8 Å². The topological polar surface area (TPSA) is 66.4 Å². The summed E-state index contributed by atoms with van der Waals surface area (Å²) in [6, 6.07) is 12.4. The molecule has 0 bridgehead atoms. The first kappa shape index (κ1) is 32.1. The Morgan fingerprint density at radius 1 is 0.950 bits per heavy atom. The van der Waals surface area contributed by atoms with Crippen molar-refractivity contribution in [2.45, 2.75) is 89.8 Å². The van der Waals surface area contributed by atoms with E-state index in [1.165, 1.54) is 23.3 Å². The van der Waals surface area contributed by atoms with Crippen LogP contribution in [0, 0.1) is 5.82 Å². The van der Waals surface area contributed by atoms with Crippen LogP contribution in [0.25, 0.3) is 11.1 Å². The lowest BCUT2D eigenvalue weighted by atomic mass is 9.89. The number of fused-ring (bicyclic) bond motifs is 1. The van der Waals surface area contributed by atoms with Gasteiger partial charge in [-0.15, -0.1) is 0 Å². The smallest absolute Gasteiger partial charge is 0.389 e. The van der Waals surface area contributed by atoms with Crippen molar-refractivity contribution in [1.82, 2.24) is 5.32 Å². The molecule has 0 aliphatic heterocycles. The zero-order valence-corrected chi connectivity index (χ0v) is 24.0. The maximum Gasteiger partial charge on any atom is 0.389 e. The summed E-state index contributed by atoms with van der Waals surface area (Å²) >= 11 is 0. The zero-order valence-electron chi connectivity index (χ0n) is 23.2. The Kier molecular flexibility index (Phi) is 12.1. The number of hydrogen-bond acceptors (Lipinski definition) is 4. The zero-order chi connectivity index (χ0) is 29.2. The predicted octanol–water partition coefficient (Wildman–Crippen LogP) is 7.85. The van der Waals surface area contributed by atoms with Crippen molar-refractivity contribution in [2.24, 2.45) is 0 Å². The standard InChI is InChI=1S/C31H41F4NO3S/c1-23(8-6-20-40(38,39)21-7-18-31(33,34)35)36-19-4-2-3-10-30-28(24-12-14-26(32)15-13-24)11-5-9-25-22-27(37)16-17-29(25)30/h12-17,22-23,36-37H,2-11,18-21H2,1H3. The van der Waals surface area contributed by atoms with E-state index in [1.54, 1.807) is 6.07 Å². The van der Waals surface area contributed by atoms with Gasteiger partial charge in [-0.25, -0.2) is 12.8 Å². The first-order chi connectivity index (χ1) is 18.9. The average Bonchev–Trinajstić information content (AvgIpc) is 3.04. The van der Waals surface area contributed by atoms with Gasteiger partial charge < -0.3 is 10.4 Å². The number of nitrogens with one attached hydrogen (secondary N) is 1. The highest BCUT2D eigenvalue weighted by Gasteiger charge is 2.27. The van der Waals surface area contributed by atoms with Gasteiger partial charge in [0, 0.05) is 12.5 Å². The highest BCUT2D eigenvalue weighted by atomic mass is 32.2. The van der Waals surface area contributed by atoms with E-state index < -0.39 is 28.2 Å². The highest BCUT2D eigenvalue weighted by molar-refractivity contribution is 7.91. The van der Waals surface area contributed by atoms with Gasteiger partial charge in [-0.3, -0.25) is 0 Å². The normalized spacial score (nSPS) is 15.1. The molecule has 0 radical (unpaired) electrons. The van der Waals surface area contributed by atoms with Crippen molar-refractivity contribution in [2.75, 3.05) is 18.1 Å². The fourth-order valence-corrected chi connectivity index (χ4v) is 6.76. The molecule has 0 spiro atoms. The fraction of sp³-hybridized carbons (Fsp3) is 0.548.